The molecule has 1 aromatic carbocycles. The van der Waals surface area contributed by atoms with Crippen LogP contribution in [0.15, 0.2) is 24.3 Å². The number of hydrogen-bond acceptors (Lipinski definition) is 3. The van der Waals surface area contributed by atoms with Crippen molar-refractivity contribution < 1.29 is 19.8 Å². The second kappa shape index (κ2) is 5.27. The van der Waals surface area contributed by atoms with Gasteiger partial charge in [0.1, 0.15) is 6.04 Å². The molecule has 0 fully saturated rings. The van der Waals surface area contributed by atoms with Gasteiger partial charge in [0.05, 0.1) is 5.56 Å². The molecule has 5 heteroatoms. The van der Waals surface area contributed by atoms with E-state index in [1.54, 1.807) is 12.1 Å². The van der Waals surface area contributed by atoms with Gasteiger partial charge < -0.3 is 15.9 Å². The lowest BCUT2D eigenvalue weighted by atomic mass is 10.0. The Kier molecular flexibility index (Phi) is 4.02. The van der Waals surface area contributed by atoms with Gasteiger partial charge in [0.2, 0.25) is 0 Å². The first-order valence-electron chi connectivity index (χ1n) is 4.81. The number of rotatable bonds is 5. The van der Waals surface area contributed by atoms with E-state index in [4.69, 9.17) is 15.9 Å². The first kappa shape index (κ1) is 12.2. The minimum Gasteiger partial charge on any atom is -0.480 e. The third-order valence-corrected chi connectivity index (χ3v) is 2.24. The lowest BCUT2D eigenvalue weighted by Crippen LogP contribution is -2.30. The molecule has 0 heterocycles. The van der Waals surface area contributed by atoms with Crippen LogP contribution in [0.2, 0.25) is 0 Å². The molecule has 1 rings (SSSR count). The molecule has 0 aliphatic carbocycles. The SMILES string of the molecule is N[C@@H](CCc1cccc(C(=O)O)c1)C(=O)O. The van der Waals surface area contributed by atoms with E-state index in [9.17, 15) is 9.59 Å². The molecule has 0 aliphatic heterocycles. The Labute approximate surface area is 92.5 Å². The molecule has 0 saturated carbocycles. The van der Waals surface area contributed by atoms with Crippen molar-refractivity contribution in [2.75, 3.05) is 0 Å². The molecule has 1 aromatic rings. The van der Waals surface area contributed by atoms with Crippen molar-refractivity contribution in [1.29, 1.82) is 0 Å². The van der Waals surface area contributed by atoms with Crippen LogP contribution in [-0.2, 0) is 11.2 Å². The van der Waals surface area contributed by atoms with Crippen molar-refractivity contribution in [2.45, 2.75) is 18.9 Å². The summed E-state index contributed by atoms with van der Waals surface area (Å²) in [6, 6.07) is 5.49. The lowest BCUT2D eigenvalue weighted by molar-refractivity contribution is -0.138. The van der Waals surface area contributed by atoms with Crippen molar-refractivity contribution >= 4 is 11.9 Å². The Morgan fingerprint density at radius 2 is 2.00 bits per heavy atom. The number of carboxylic acid groups (broad SMARTS) is 2. The number of carboxylic acids is 2. The third kappa shape index (κ3) is 3.36. The zero-order valence-electron chi connectivity index (χ0n) is 8.59. The molecular weight excluding hydrogens is 210 g/mol. The Bertz CT molecular complexity index is 403. The van der Waals surface area contributed by atoms with E-state index in [2.05, 4.69) is 0 Å². The van der Waals surface area contributed by atoms with E-state index in [1.807, 2.05) is 0 Å². The van der Waals surface area contributed by atoms with Crippen molar-refractivity contribution in [3.05, 3.63) is 35.4 Å². The molecule has 86 valence electrons. The smallest absolute Gasteiger partial charge is 0.335 e. The molecule has 1 atom stereocenters. The van der Waals surface area contributed by atoms with E-state index >= 15 is 0 Å². The van der Waals surface area contributed by atoms with Crippen LogP contribution in [0.1, 0.15) is 22.3 Å². The quantitative estimate of drug-likeness (QED) is 0.683. The second-order valence-electron chi connectivity index (χ2n) is 3.49. The van der Waals surface area contributed by atoms with Crippen molar-refractivity contribution in [3.8, 4) is 0 Å². The maximum absolute atomic E-state index is 10.7. The van der Waals surface area contributed by atoms with Gasteiger partial charge in [0, 0.05) is 0 Å². The van der Waals surface area contributed by atoms with E-state index < -0.39 is 18.0 Å². The highest BCUT2D eigenvalue weighted by Crippen LogP contribution is 2.08. The van der Waals surface area contributed by atoms with Crippen LogP contribution in [0.3, 0.4) is 0 Å². The summed E-state index contributed by atoms with van der Waals surface area (Å²) in [6.07, 6.45) is 0.743. The van der Waals surface area contributed by atoms with Crippen LogP contribution in [0.5, 0.6) is 0 Å². The Balaban J connectivity index is 2.64. The molecule has 0 radical (unpaired) electrons. The number of carbonyl (C=O) groups is 2. The topological polar surface area (TPSA) is 101 Å². The largest absolute Gasteiger partial charge is 0.480 e. The van der Waals surface area contributed by atoms with Gasteiger partial charge in [-0.15, -0.1) is 0 Å². The Morgan fingerprint density at radius 3 is 2.56 bits per heavy atom. The highest BCUT2D eigenvalue weighted by atomic mass is 16.4. The van der Waals surface area contributed by atoms with Gasteiger partial charge in [-0.05, 0) is 30.5 Å². The number of hydrogen-bond donors (Lipinski definition) is 3. The fourth-order valence-electron chi connectivity index (χ4n) is 1.31. The fraction of sp³-hybridized carbons (Fsp3) is 0.273. The minimum atomic E-state index is -1.05. The molecule has 16 heavy (non-hydrogen) atoms. The zero-order chi connectivity index (χ0) is 12.1. The average Bonchev–Trinajstić information content (AvgIpc) is 2.26. The molecule has 5 nitrogen and oxygen atoms in total. The van der Waals surface area contributed by atoms with Crippen molar-refractivity contribution in [3.63, 3.8) is 0 Å². The monoisotopic (exact) mass is 223 g/mol. The Morgan fingerprint density at radius 1 is 1.31 bits per heavy atom. The predicted molar refractivity (Wildman–Crippen MR) is 57.3 cm³/mol. The fourth-order valence-corrected chi connectivity index (χ4v) is 1.31. The summed E-state index contributed by atoms with van der Waals surface area (Å²) in [6.45, 7) is 0. The molecule has 4 N–H and O–H groups in total. The van der Waals surface area contributed by atoms with E-state index in [0.717, 1.165) is 5.56 Å². The highest BCUT2D eigenvalue weighted by Gasteiger charge is 2.11. The average molecular weight is 223 g/mol. The highest BCUT2D eigenvalue weighted by molar-refractivity contribution is 5.87. The Hall–Kier alpha value is -1.88. The molecule has 0 aliphatic rings. The lowest BCUT2D eigenvalue weighted by Gasteiger charge is -2.06. The number of aromatic carboxylic acids is 1. The molecule has 0 unspecified atom stereocenters. The van der Waals surface area contributed by atoms with E-state index in [-0.39, 0.29) is 5.56 Å². The summed E-state index contributed by atoms with van der Waals surface area (Å²) >= 11 is 0. The number of aliphatic carboxylic acids is 1. The summed E-state index contributed by atoms with van der Waals surface area (Å²) < 4.78 is 0. The van der Waals surface area contributed by atoms with Gasteiger partial charge in [-0.25, -0.2) is 4.79 Å². The molecule has 0 aromatic heterocycles. The van der Waals surface area contributed by atoms with Crippen LogP contribution < -0.4 is 5.73 Å². The minimum absolute atomic E-state index is 0.196. The third-order valence-electron chi connectivity index (χ3n) is 2.24. The van der Waals surface area contributed by atoms with Gasteiger partial charge in [-0.3, -0.25) is 4.79 Å². The van der Waals surface area contributed by atoms with Crippen LogP contribution >= 0.6 is 0 Å². The molecule has 0 amide bonds. The summed E-state index contributed by atoms with van der Waals surface area (Å²) in [5.74, 6) is -2.04. The second-order valence-corrected chi connectivity index (χ2v) is 3.49. The number of aryl methyl sites for hydroxylation is 1. The van der Waals surface area contributed by atoms with Gasteiger partial charge in [-0.2, -0.15) is 0 Å². The first-order chi connectivity index (χ1) is 7.50. The molecule has 0 spiro atoms. The van der Waals surface area contributed by atoms with Crippen LogP contribution in [0.25, 0.3) is 0 Å². The predicted octanol–water partition coefficient (Wildman–Crippen LogP) is 0.729. The maximum Gasteiger partial charge on any atom is 0.335 e. The van der Waals surface area contributed by atoms with Crippen LogP contribution in [0, 0.1) is 0 Å². The summed E-state index contributed by atoms with van der Waals surface area (Å²) in [4.78, 5) is 21.2. The van der Waals surface area contributed by atoms with Gasteiger partial charge >= 0.3 is 11.9 Å². The first-order valence-corrected chi connectivity index (χ1v) is 4.81. The van der Waals surface area contributed by atoms with Gasteiger partial charge in [0.25, 0.3) is 0 Å². The van der Waals surface area contributed by atoms with E-state index in [1.165, 1.54) is 12.1 Å². The number of benzene rings is 1. The van der Waals surface area contributed by atoms with E-state index in [0.29, 0.717) is 12.8 Å². The van der Waals surface area contributed by atoms with Crippen LogP contribution in [0.4, 0.5) is 0 Å². The van der Waals surface area contributed by atoms with Gasteiger partial charge in [-0.1, -0.05) is 12.1 Å². The molecule has 0 saturated heterocycles. The van der Waals surface area contributed by atoms with Gasteiger partial charge in [0.15, 0.2) is 0 Å². The standard InChI is InChI=1S/C11H13NO4/c12-9(11(15)16)5-4-7-2-1-3-8(6-7)10(13)14/h1-3,6,9H,4-5,12H2,(H,13,14)(H,15,16)/t9-/m0/s1. The summed E-state index contributed by atoms with van der Waals surface area (Å²) in [5.41, 5.74) is 6.32. The normalized spacial score (nSPS) is 12.1. The molecule has 0 bridgehead atoms. The summed E-state index contributed by atoms with van der Waals surface area (Å²) in [5, 5.41) is 17.3. The molecular formula is C11H13NO4. The number of nitrogens with two attached hydrogens (primary N) is 1. The zero-order valence-corrected chi connectivity index (χ0v) is 8.59. The summed E-state index contributed by atoms with van der Waals surface area (Å²) in [7, 11) is 0. The van der Waals surface area contributed by atoms with Crippen LogP contribution in [-0.4, -0.2) is 28.2 Å². The van der Waals surface area contributed by atoms with Crippen molar-refractivity contribution in [2.24, 2.45) is 5.73 Å². The van der Waals surface area contributed by atoms with Crippen molar-refractivity contribution in [1.82, 2.24) is 0 Å². The maximum atomic E-state index is 10.7.